The van der Waals surface area contributed by atoms with Gasteiger partial charge in [-0.1, -0.05) is 59.3 Å². The van der Waals surface area contributed by atoms with Crippen LogP contribution in [0.2, 0.25) is 5.02 Å². The maximum Gasteiger partial charge on any atom is 0.271 e. The number of allylic oxidation sites excluding steroid dienone is 1. The molecule has 0 aliphatic rings. The molecule has 4 aromatic rings. The Balaban J connectivity index is 1.22. The van der Waals surface area contributed by atoms with Gasteiger partial charge < -0.3 is 4.74 Å². The number of aromatic nitrogens is 3. The zero-order valence-electron chi connectivity index (χ0n) is 18.2. The summed E-state index contributed by atoms with van der Waals surface area (Å²) >= 11 is 5.87. The molecule has 0 bridgehead atoms. The van der Waals surface area contributed by atoms with E-state index in [0.717, 1.165) is 16.9 Å². The van der Waals surface area contributed by atoms with Gasteiger partial charge in [-0.3, -0.25) is 4.79 Å². The molecule has 0 fully saturated rings. The van der Waals surface area contributed by atoms with Crippen molar-refractivity contribution in [3.05, 3.63) is 119 Å². The van der Waals surface area contributed by atoms with Gasteiger partial charge in [0.2, 0.25) is 0 Å². The Morgan fingerprint density at radius 3 is 2.53 bits per heavy atom. The first-order valence-corrected chi connectivity index (χ1v) is 10.9. The first kappa shape index (κ1) is 22.9. The smallest absolute Gasteiger partial charge is 0.271 e. The Labute approximate surface area is 202 Å². The molecule has 0 unspecified atom stereocenters. The van der Waals surface area contributed by atoms with Crippen LogP contribution in [0.25, 0.3) is 6.08 Å². The van der Waals surface area contributed by atoms with E-state index in [1.165, 1.54) is 6.21 Å². The van der Waals surface area contributed by atoms with Crippen LogP contribution in [0.15, 0.2) is 96.2 Å². The minimum atomic E-state index is -0.302. The highest BCUT2D eigenvalue weighted by Crippen LogP contribution is 2.17. The summed E-state index contributed by atoms with van der Waals surface area (Å²) in [5.41, 5.74) is 5.79. The molecule has 1 aromatic heterocycles. The number of halogens is 1. The molecule has 1 amide bonds. The summed E-state index contributed by atoms with van der Waals surface area (Å²) in [6.07, 6.45) is 6.78. The van der Waals surface area contributed by atoms with Gasteiger partial charge in [0, 0.05) is 16.8 Å². The van der Waals surface area contributed by atoms with E-state index in [0.29, 0.717) is 29.4 Å². The van der Waals surface area contributed by atoms with Gasteiger partial charge in [-0.2, -0.15) is 5.10 Å². The Bertz CT molecular complexity index is 1270. The zero-order valence-corrected chi connectivity index (χ0v) is 19.0. The summed E-state index contributed by atoms with van der Waals surface area (Å²) in [5.74, 6) is 0.427. The molecule has 0 aliphatic heterocycles. The molecule has 3 aromatic carbocycles. The number of hydrazone groups is 1. The first-order valence-electron chi connectivity index (χ1n) is 10.6. The van der Waals surface area contributed by atoms with E-state index in [1.807, 2.05) is 60.8 Å². The zero-order chi connectivity index (χ0) is 23.6. The van der Waals surface area contributed by atoms with Crippen molar-refractivity contribution < 1.29 is 9.53 Å². The third kappa shape index (κ3) is 6.88. The van der Waals surface area contributed by atoms with E-state index < -0.39 is 0 Å². The number of amides is 1. The molecule has 0 atom stereocenters. The number of carbonyl (C=O) groups excluding carboxylic acids is 1. The average molecular weight is 472 g/mol. The average Bonchev–Trinajstić information content (AvgIpc) is 3.31. The van der Waals surface area contributed by atoms with Gasteiger partial charge >= 0.3 is 0 Å². The monoisotopic (exact) mass is 471 g/mol. The van der Waals surface area contributed by atoms with E-state index in [-0.39, 0.29) is 5.91 Å². The number of nitrogens with one attached hydrogen (secondary N) is 1. The summed E-state index contributed by atoms with van der Waals surface area (Å²) in [6.45, 7) is 1.04. The molecular formula is C26H22ClN5O2. The number of hydrogen-bond donors (Lipinski definition) is 1. The number of rotatable bonds is 9. The molecule has 0 aliphatic carbocycles. The first-order chi connectivity index (χ1) is 16.7. The van der Waals surface area contributed by atoms with Crippen molar-refractivity contribution in [1.82, 2.24) is 20.4 Å². The molecule has 0 spiro atoms. The van der Waals surface area contributed by atoms with Crippen LogP contribution in [0.1, 0.15) is 27.2 Å². The minimum Gasteiger partial charge on any atom is -0.489 e. The number of benzene rings is 3. The molecule has 0 saturated heterocycles. The number of ether oxygens (including phenoxy) is 1. The third-order valence-corrected chi connectivity index (χ3v) is 5.02. The predicted molar refractivity (Wildman–Crippen MR) is 133 cm³/mol. The van der Waals surface area contributed by atoms with Crippen LogP contribution in [0, 0.1) is 0 Å². The third-order valence-electron chi connectivity index (χ3n) is 4.77. The van der Waals surface area contributed by atoms with Crippen LogP contribution in [-0.2, 0) is 13.2 Å². The second-order valence-corrected chi connectivity index (χ2v) is 7.78. The van der Waals surface area contributed by atoms with E-state index >= 15 is 0 Å². The Morgan fingerprint density at radius 1 is 1.00 bits per heavy atom. The van der Waals surface area contributed by atoms with Gasteiger partial charge in [0.1, 0.15) is 18.1 Å². The second kappa shape index (κ2) is 11.6. The van der Waals surface area contributed by atoms with Crippen molar-refractivity contribution in [2.45, 2.75) is 13.2 Å². The highest BCUT2D eigenvalue weighted by Gasteiger charge is 2.04. The molecule has 0 radical (unpaired) electrons. The van der Waals surface area contributed by atoms with E-state index in [9.17, 15) is 4.79 Å². The quantitative estimate of drug-likeness (QED) is 0.275. The minimum absolute atomic E-state index is 0.302. The topological polar surface area (TPSA) is 81.4 Å². The molecule has 0 saturated carbocycles. The maximum atomic E-state index is 12.3. The number of hydrogen-bond acceptors (Lipinski definition) is 5. The molecule has 8 heteroatoms. The maximum absolute atomic E-state index is 12.3. The van der Waals surface area contributed by atoms with Gasteiger partial charge in [-0.15, -0.1) is 5.10 Å². The van der Waals surface area contributed by atoms with Crippen molar-refractivity contribution in [1.29, 1.82) is 0 Å². The van der Waals surface area contributed by atoms with E-state index in [2.05, 4.69) is 20.8 Å². The summed E-state index contributed by atoms with van der Waals surface area (Å²) < 4.78 is 7.47. The van der Waals surface area contributed by atoms with E-state index in [4.69, 9.17) is 16.3 Å². The lowest BCUT2D eigenvalue weighted by molar-refractivity contribution is 0.0955. The normalized spacial score (nSPS) is 11.2. The van der Waals surface area contributed by atoms with Gasteiger partial charge in [0.05, 0.1) is 12.7 Å². The fourth-order valence-electron chi connectivity index (χ4n) is 3.03. The molecule has 4 rings (SSSR count). The van der Waals surface area contributed by atoms with Crippen LogP contribution in [0.3, 0.4) is 0 Å². The molecule has 1 heterocycles. The van der Waals surface area contributed by atoms with Crippen molar-refractivity contribution in [3.8, 4) is 5.75 Å². The molecule has 1 N–H and O–H groups in total. The van der Waals surface area contributed by atoms with Crippen LogP contribution in [0.5, 0.6) is 5.75 Å². The summed E-state index contributed by atoms with van der Waals surface area (Å²) in [7, 11) is 0. The predicted octanol–water partition coefficient (Wildman–Crippen LogP) is 4.99. The van der Waals surface area contributed by atoms with Crippen molar-refractivity contribution >= 4 is 29.8 Å². The fourth-order valence-corrected chi connectivity index (χ4v) is 3.16. The van der Waals surface area contributed by atoms with Crippen LogP contribution in [0.4, 0.5) is 0 Å². The van der Waals surface area contributed by atoms with Crippen molar-refractivity contribution in [2.24, 2.45) is 5.10 Å². The van der Waals surface area contributed by atoms with Crippen molar-refractivity contribution in [2.75, 3.05) is 0 Å². The van der Waals surface area contributed by atoms with Gasteiger partial charge in [-0.25, -0.2) is 10.1 Å². The molecule has 7 nitrogen and oxygen atoms in total. The van der Waals surface area contributed by atoms with Gasteiger partial charge in [0.25, 0.3) is 5.91 Å². The molecule has 170 valence electrons. The highest BCUT2D eigenvalue weighted by molar-refractivity contribution is 6.30. The summed E-state index contributed by atoms with van der Waals surface area (Å²) in [4.78, 5) is 12.3. The lowest BCUT2D eigenvalue weighted by Crippen LogP contribution is -2.17. The molecule has 34 heavy (non-hydrogen) atoms. The van der Waals surface area contributed by atoms with Crippen molar-refractivity contribution in [3.63, 3.8) is 0 Å². The summed E-state index contributed by atoms with van der Waals surface area (Å²) in [5, 5.41) is 12.8. The van der Waals surface area contributed by atoms with Crippen LogP contribution < -0.4 is 10.2 Å². The Hall–Kier alpha value is -4.23. The highest BCUT2D eigenvalue weighted by atomic mass is 35.5. The lowest BCUT2D eigenvalue weighted by Gasteiger charge is -2.07. The number of nitrogens with zero attached hydrogens (tertiary/aromatic N) is 4. The van der Waals surface area contributed by atoms with E-state index in [1.54, 1.807) is 41.1 Å². The Kier molecular flexibility index (Phi) is 7.82. The van der Waals surface area contributed by atoms with Crippen LogP contribution >= 0.6 is 11.6 Å². The summed E-state index contributed by atoms with van der Waals surface area (Å²) in [6, 6.07) is 24.3. The Morgan fingerprint density at radius 2 is 1.76 bits per heavy atom. The largest absolute Gasteiger partial charge is 0.489 e. The second-order valence-electron chi connectivity index (χ2n) is 7.34. The fraction of sp³-hybridized carbons (Fsp3) is 0.0769. The molecular weight excluding hydrogens is 450 g/mol. The van der Waals surface area contributed by atoms with Crippen LogP contribution in [-0.4, -0.2) is 27.1 Å². The SMILES string of the molecule is O=C(N/N=C/C=C/c1cn(Cc2ccccc2)nn1)c1ccc(COc2ccc(Cl)cc2)cc1. The van der Waals surface area contributed by atoms with Gasteiger partial charge in [-0.05, 0) is 59.7 Å². The lowest BCUT2D eigenvalue weighted by atomic mass is 10.1. The number of carbonyl (C=O) groups is 1. The van der Waals surface area contributed by atoms with Gasteiger partial charge in [0.15, 0.2) is 0 Å². The standard InChI is InChI=1S/C26H22ClN5O2/c27-23-12-14-25(15-13-23)34-19-21-8-10-22(11-9-21)26(33)30-28-16-4-7-24-18-32(31-29-24)17-20-5-2-1-3-6-20/h1-16,18H,17,19H2,(H,30,33)/b7-4+,28-16+.